The van der Waals surface area contributed by atoms with E-state index in [4.69, 9.17) is 4.74 Å². The van der Waals surface area contributed by atoms with E-state index >= 15 is 0 Å². The van der Waals surface area contributed by atoms with Crippen molar-refractivity contribution >= 4 is 11.5 Å². The molecule has 0 spiro atoms. The molecule has 1 fully saturated rings. The molecule has 1 aliphatic carbocycles. The number of ketones is 1. The molecular formula is C21H26N2O2. The Morgan fingerprint density at radius 3 is 2.52 bits per heavy atom. The van der Waals surface area contributed by atoms with Crippen LogP contribution in [0.25, 0.3) is 5.70 Å². The van der Waals surface area contributed by atoms with Crippen molar-refractivity contribution in [2.75, 3.05) is 20.2 Å². The van der Waals surface area contributed by atoms with Crippen molar-refractivity contribution in [2.24, 2.45) is 0 Å². The maximum atomic E-state index is 12.5. The lowest BCUT2D eigenvalue weighted by Gasteiger charge is -2.41. The minimum absolute atomic E-state index is 0.0672. The zero-order chi connectivity index (χ0) is 18.2. The second kappa shape index (κ2) is 6.65. The van der Waals surface area contributed by atoms with Crippen molar-refractivity contribution in [3.8, 4) is 6.07 Å². The fourth-order valence-electron chi connectivity index (χ4n) is 3.71. The van der Waals surface area contributed by atoms with Crippen molar-refractivity contribution in [2.45, 2.75) is 51.6 Å². The Labute approximate surface area is 150 Å². The van der Waals surface area contributed by atoms with Crippen molar-refractivity contribution in [1.82, 2.24) is 4.90 Å². The summed E-state index contributed by atoms with van der Waals surface area (Å²) in [6.07, 6.45) is 2.10. The van der Waals surface area contributed by atoms with Crippen LogP contribution in [-0.2, 0) is 16.0 Å². The summed E-state index contributed by atoms with van der Waals surface area (Å²) in [4.78, 5) is 14.7. The van der Waals surface area contributed by atoms with E-state index in [1.165, 1.54) is 5.56 Å². The molecule has 0 aromatic heterocycles. The fraction of sp³-hybridized carbons (Fsp3) is 0.524. The molecule has 0 radical (unpaired) electrons. The normalized spacial score (nSPS) is 19.8. The van der Waals surface area contributed by atoms with Gasteiger partial charge in [0.15, 0.2) is 5.78 Å². The number of piperidine rings is 1. The highest BCUT2D eigenvalue weighted by molar-refractivity contribution is 6.09. The molecule has 1 saturated heterocycles. The molecule has 1 aromatic carbocycles. The summed E-state index contributed by atoms with van der Waals surface area (Å²) in [5, 5.41) is 9.64. The average molecular weight is 338 g/mol. The van der Waals surface area contributed by atoms with E-state index in [0.717, 1.165) is 42.8 Å². The quantitative estimate of drug-likeness (QED) is 0.844. The number of nitriles is 1. The molecule has 0 N–H and O–H groups in total. The summed E-state index contributed by atoms with van der Waals surface area (Å²) in [7, 11) is 1.75. The van der Waals surface area contributed by atoms with Crippen LogP contribution in [-0.4, -0.2) is 36.5 Å². The SMILES string of the molecule is COC1(C)CCN(C2=C(C#N)C(=O)Cc3ccc(C(C)C)cc32)CC1. The molecule has 1 aromatic rings. The van der Waals surface area contributed by atoms with Gasteiger partial charge in [-0.25, -0.2) is 0 Å². The van der Waals surface area contributed by atoms with Gasteiger partial charge in [-0.1, -0.05) is 26.0 Å². The number of carbonyl (C=O) groups is 1. The van der Waals surface area contributed by atoms with Crippen molar-refractivity contribution < 1.29 is 9.53 Å². The third-order valence-corrected chi connectivity index (χ3v) is 5.66. The predicted octanol–water partition coefficient (Wildman–Crippen LogP) is 3.67. The van der Waals surface area contributed by atoms with Crippen LogP contribution in [0.5, 0.6) is 0 Å². The first-order valence-corrected chi connectivity index (χ1v) is 8.99. The summed E-state index contributed by atoms with van der Waals surface area (Å²) in [6.45, 7) is 8.04. The number of benzene rings is 1. The highest BCUT2D eigenvalue weighted by Gasteiger charge is 2.35. The molecule has 2 aliphatic rings. The number of rotatable bonds is 3. The van der Waals surface area contributed by atoms with Gasteiger partial charge in [-0.15, -0.1) is 0 Å². The van der Waals surface area contributed by atoms with Crippen LogP contribution in [0.4, 0.5) is 0 Å². The Morgan fingerprint density at radius 1 is 1.28 bits per heavy atom. The van der Waals surface area contributed by atoms with Crippen LogP contribution in [0, 0.1) is 11.3 Å². The Balaban J connectivity index is 2.05. The largest absolute Gasteiger partial charge is 0.378 e. The van der Waals surface area contributed by atoms with Crippen molar-refractivity contribution in [3.63, 3.8) is 0 Å². The lowest BCUT2D eigenvalue weighted by Crippen LogP contribution is -2.43. The van der Waals surface area contributed by atoms with Gasteiger partial charge in [0.05, 0.1) is 11.3 Å². The van der Waals surface area contributed by atoms with Crippen LogP contribution in [0.2, 0.25) is 0 Å². The highest BCUT2D eigenvalue weighted by atomic mass is 16.5. The van der Waals surface area contributed by atoms with E-state index in [1.54, 1.807) is 7.11 Å². The first kappa shape index (κ1) is 17.7. The number of Topliss-reactive ketones (excluding diaryl/α,β-unsaturated/α-hetero) is 1. The molecule has 4 heteroatoms. The number of ether oxygens (including phenoxy) is 1. The van der Waals surface area contributed by atoms with Gasteiger partial charge in [-0.3, -0.25) is 4.79 Å². The summed E-state index contributed by atoms with van der Waals surface area (Å²) in [5.41, 5.74) is 4.35. The zero-order valence-corrected chi connectivity index (χ0v) is 15.6. The molecule has 0 atom stereocenters. The number of allylic oxidation sites excluding steroid dienone is 1. The van der Waals surface area contributed by atoms with Gasteiger partial charge < -0.3 is 9.64 Å². The van der Waals surface area contributed by atoms with Crippen LogP contribution in [0.3, 0.4) is 0 Å². The number of likely N-dealkylation sites (tertiary alicyclic amines) is 1. The second-order valence-corrected chi connectivity index (χ2v) is 7.65. The number of nitrogens with zero attached hydrogens (tertiary/aromatic N) is 2. The summed E-state index contributed by atoms with van der Waals surface area (Å²) < 4.78 is 5.63. The molecule has 1 aliphatic heterocycles. The second-order valence-electron chi connectivity index (χ2n) is 7.65. The minimum atomic E-state index is -0.120. The van der Waals surface area contributed by atoms with E-state index in [-0.39, 0.29) is 11.4 Å². The molecule has 0 unspecified atom stereocenters. The fourth-order valence-corrected chi connectivity index (χ4v) is 3.71. The van der Waals surface area contributed by atoms with E-state index in [2.05, 4.69) is 49.9 Å². The van der Waals surface area contributed by atoms with Crippen LogP contribution in [0.15, 0.2) is 23.8 Å². The lowest BCUT2D eigenvalue weighted by atomic mass is 9.84. The molecule has 0 bridgehead atoms. The predicted molar refractivity (Wildman–Crippen MR) is 98.0 cm³/mol. The van der Waals surface area contributed by atoms with Gasteiger partial charge in [0.2, 0.25) is 0 Å². The smallest absolute Gasteiger partial charge is 0.179 e. The van der Waals surface area contributed by atoms with Gasteiger partial charge in [0.25, 0.3) is 0 Å². The van der Waals surface area contributed by atoms with Gasteiger partial charge >= 0.3 is 0 Å². The first-order chi connectivity index (χ1) is 11.9. The van der Waals surface area contributed by atoms with Crippen molar-refractivity contribution in [1.29, 1.82) is 5.26 Å². The number of hydrogen-bond acceptors (Lipinski definition) is 4. The maximum Gasteiger partial charge on any atom is 0.179 e. The molecule has 1 heterocycles. The van der Waals surface area contributed by atoms with Gasteiger partial charge in [-0.05, 0) is 42.9 Å². The number of methoxy groups -OCH3 is 1. The topological polar surface area (TPSA) is 53.3 Å². The Hall–Kier alpha value is -2.12. The summed E-state index contributed by atoms with van der Waals surface area (Å²) >= 11 is 0. The molecule has 0 amide bonds. The highest BCUT2D eigenvalue weighted by Crippen LogP contribution is 2.37. The molecule has 132 valence electrons. The number of fused-ring (bicyclic) bond motifs is 1. The Kier molecular flexibility index (Phi) is 4.71. The van der Waals surface area contributed by atoms with Crippen LogP contribution < -0.4 is 0 Å². The van der Waals surface area contributed by atoms with E-state index in [9.17, 15) is 10.1 Å². The lowest BCUT2D eigenvalue weighted by molar-refractivity contribution is -0.114. The van der Waals surface area contributed by atoms with E-state index in [1.807, 2.05) is 0 Å². The minimum Gasteiger partial charge on any atom is -0.378 e. The number of hydrogen-bond donors (Lipinski definition) is 0. The summed E-state index contributed by atoms with van der Waals surface area (Å²) in [6, 6.07) is 8.51. The van der Waals surface area contributed by atoms with Gasteiger partial charge in [-0.2, -0.15) is 5.26 Å². The van der Waals surface area contributed by atoms with Crippen LogP contribution in [0.1, 0.15) is 56.2 Å². The van der Waals surface area contributed by atoms with Crippen LogP contribution >= 0.6 is 0 Å². The molecular weight excluding hydrogens is 312 g/mol. The van der Waals surface area contributed by atoms with Gasteiger partial charge in [0.1, 0.15) is 11.6 Å². The van der Waals surface area contributed by atoms with E-state index in [0.29, 0.717) is 17.9 Å². The monoisotopic (exact) mass is 338 g/mol. The molecule has 0 saturated carbocycles. The molecule has 25 heavy (non-hydrogen) atoms. The Morgan fingerprint density at radius 2 is 1.96 bits per heavy atom. The number of carbonyl (C=O) groups excluding carboxylic acids is 1. The standard InChI is InChI=1S/C21H26N2O2/c1-14(2)15-5-6-16-12-19(24)18(13-22)20(17(16)11-15)23-9-7-21(3,25-4)8-10-23/h5-6,11,14H,7-10,12H2,1-4H3. The van der Waals surface area contributed by atoms with Gasteiger partial charge in [0, 0.05) is 32.2 Å². The molecule has 3 rings (SSSR count). The third-order valence-electron chi connectivity index (χ3n) is 5.66. The molecule has 4 nitrogen and oxygen atoms in total. The Bertz CT molecular complexity index is 763. The third kappa shape index (κ3) is 3.21. The van der Waals surface area contributed by atoms with E-state index < -0.39 is 0 Å². The van der Waals surface area contributed by atoms with Crippen molar-refractivity contribution in [3.05, 3.63) is 40.5 Å². The average Bonchev–Trinajstić information content (AvgIpc) is 2.61. The first-order valence-electron chi connectivity index (χ1n) is 8.99. The maximum absolute atomic E-state index is 12.5. The summed E-state index contributed by atoms with van der Waals surface area (Å²) in [5.74, 6) is 0.343. The zero-order valence-electron chi connectivity index (χ0n) is 15.6.